The van der Waals surface area contributed by atoms with Crippen molar-refractivity contribution in [1.29, 1.82) is 0 Å². The van der Waals surface area contributed by atoms with E-state index in [2.05, 4.69) is 23.8 Å². The van der Waals surface area contributed by atoms with E-state index in [1.54, 1.807) is 11.3 Å². The van der Waals surface area contributed by atoms with Crippen molar-refractivity contribution in [2.45, 2.75) is 70.8 Å². The summed E-state index contributed by atoms with van der Waals surface area (Å²) in [5.41, 5.74) is 1.39. The summed E-state index contributed by atoms with van der Waals surface area (Å²) >= 11 is 1.75. The van der Waals surface area contributed by atoms with Gasteiger partial charge < -0.3 is 5.11 Å². The minimum absolute atomic E-state index is 0.0768. The molecule has 0 bridgehead atoms. The van der Waals surface area contributed by atoms with E-state index in [-0.39, 0.29) is 6.10 Å². The molecule has 0 aliphatic heterocycles. The summed E-state index contributed by atoms with van der Waals surface area (Å²) in [6.07, 6.45) is 11.2. The lowest BCUT2D eigenvalue weighted by Gasteiger charge is -2.31. The Balaban J connectivity index is 1.65. The van der Waals surface area contributed by atoms with Gasteiger partial charge in [-0.2, -0.15) is 11.3 Å². The Bertz CT molecular complexity index is 325. The second-order valence-corrected chi connectivity index (χ2v) is 6.94. The van der Waals surface area contributed by atoms with Crippen molar-refractivity contribution < 1.29 is 5.11 Å². The lowest BCUT2D eigenvalue weighted by Crippen LogP contribution is -2.26. The fraction of sp³-hybridized carbons (Fsp3) is 0.765. The van der Waals surface area contributed by atoms with Gasteiger partial charge in [-0.15, -0.1) is 0 Å². The molecule has 1 aromatic heterocycles. The van der Waals surface area contributed by atoms with E-state index in [1.165, 1.54) is 50.5 Å². The van der Waals surface area contributed by atoms with Crippen LogP contribution >= 0.6 is 11.3 Å². The normalized spacial score (nSPS) is 25.4. The van der Waals surface area contributed by atoms with Gasteiger partial charge >= 0.3 is 0 Å². The van der Waals surface area contributed by atoms with E-state index in [0.29, 0.717) is 5.92 Å². The van der Waals surface area contributed by atoms with Crippen molar-refractivity contribution in [1.82, 2.24) is 0 Å². The van der Waals surface area contributed by atoms with E-state index < -0.39 is 0 Å². The van der Waals surface area contributed by atoms with E-state index in [1.807, 2.05) is 0 Å². The molecule has 1 N–H and O–H groups in total. The molecular formula is C17H28OS. The van der Waals surface area contributed by atoms with E-state index in [4.69, 9.17) is 0 Å². The first-order chi connectivity index (χ1) is 9.29. The summed E-state index contributed by atoms with van der Waals surface area (Å²) in [7, 11) is 0. The molecule has 1 unspecified atom stereocenters. The fourth-order valence-electron chi connectivity index (χ4n) is 3.34. The molecule has 108 valence electrons. The van der Waals surface area contributed by atoms with Crippen LogP contribution in [0.25, 0.3) is 0 Å². The van der Waals surface area contributed by atoms with Crippen LogP contribution in [0, 0.1) is 11.8 Å². The molecule has 1 aliphatic rings. The second-order valence-electron chi connectivity index (χ2n) is 6.16. The van der Waals surface area contributed by atoms with Crippen LogP contribution in [0.4, 0.5) is 0 Å². The topological polar surface area (TPSA) is 20.2 Å². The van der Waals surface area contributed by atoms with Gasteiger partial charge in [-0.05, 0) is 59.9 Å². The number of aliphatic hydroxyl groups is 1. The first-order valence-corrected chi connectivity index (χ1v) is 8.93. The van der Waals surface area contributed by atoms with Gasteiger partial charge in [0.25, 0.3) is 0 Å². The zero-order valence-corrected chi connectivity index (χ0v) is 13.0. The fourth-order valence-corrected chi connectivity index (χ4v) is 4.04. The Hall–Kier alpha value is -0.340. The van der Waals surface area contributed by atoms with Crippen molar-refractivity contribution >= 4 is 11.3 Å². The predicted octanol–water partition coefficient (Wildman–Crippen LogP) is 5.04. The van der Waals surface area contributed by atoms with Crippen LogP contribution in [-0.2, 0) is 6.42 Å². The highest BCUT2D eigenvalue weighted by Gasteiger charge is 2.25. The second kappa shape index (κ2) is 8.06. The van der Waals surface area contributed by atoms with Gasteiger partial charge in [0.15, 0.2) is 0 Å². The van der Waals surface area contributed by atoms with Crippen LogP contribution in [0.5, 0.6) is 0 Å². The summed E-state index contributed by atoms with van der Waals surface area (Å²) in [4.78, 5) is 0. The summed E-state index contributed by atoms with van der Waals surface area (Å²) in [6.45, 7) is 2.28. The molecule has 1 nitrogen and oxygen atoms in total. The summed E-state index contributed by atoms with van der Waals surface area (Å²) in [5.74, 6) is 1.51. The number of aliphatic hydroxyl groups excluding tert-OH is 1. The Morgan fingerprint density at radius 3 is 2.74 bits per heavy atom. The lowest BCUT2D eigenvalue weighted by atomic mass is 9.77. The summed E-state index contributed by atoms with van der Waals surface area (Å²) in [5, 5.41) is 14.7. The molecule has 0 spiro atoms. The summed E-state index contributed by atoms with van der Waals surface area (Å²) in [6, 6.07) is 2.18. The average Bonchev–Trinajstić information content (AvgIpc) is 2.96. The molecule has 2 rings (SSSR count). The number of unbranched alkanes of at least 4 members (excludes halogenated alkanes) is 1. The first-order valence-electron chi connectivity index (χ1n) is 7.98. The zero-order chi connectivity index (χ0) is 13.5. The molecule has 0 radical (unpaired) electrons. The molecule has 1 aromatic rings. The average molecular weight is 280 g/mol. The Morgan fingerprint density at radius 1 is 1.32 bits per heavy atom. The van der Waals surface area contributed by atoms with Gasteiger partial charge in [-0.25, -0.2) is 0 Å². The van der Waals surface area contributed by atoms with E-state index in [9.17, 15) is 5.11 Å². The molecule has 1 saturated carbocycles. The quantitative estimate of drug-likeness (QED) is 0.742. The SMILES string of the molecule is CCCCC1CCC(C(O)CCc2ccsc2)CC1. The lowest BCUT2D eigenvalue weighted by molar-refractivity contribution is 0.0658. The smallest absolute Gasteiger partial charge is 0.0571 e. The van der Waals surface area contributed by atoms with Crippen LogP contribution in [0.2, 0.25) is 0 Å². The predicted molar refractivity (Wildman–Crippen MR) is 83.6 cm³/mol. The maximum atomic E-state index is 10.3. The molecule has 2 heteroatoms. The van der Waals surface area contributed by atoms with Gasteiger partial charge in [0.2, 0.25) is 0 Å². The van der Waals surface area contributed by atoms with Crippen molar-refractivity contribution in [3.8, 4) is 0 Å². The van der Waals surface area contributed by atoms with Crippen molar-refractivity contribution in [3.63, 3.8) is 0 Å². The minimum Gasteiger partial charge on any atom is -0.393 e. The third-order valence-corrected chi connectivity index (χ3v) is 5.44. The van der Waals surface area contributed by atoms with Crippen molar-refractivity contribution in [2.75, 3.05) is 0 Å². The van der Waals surface area contributed by atoms with Gasteiger partial charge in [0.1, 0.15) is 0 Å². The highest BCUT2D eigenvalue weighted by molar-refractivity contribution is 7.07. The van der Waals surface area contributed by atoms with Gasteiger partial charge in [-0.3, -0.25) is 0 Å². The third-order valence-electron chi connectivity index (χ3n) is 4.71. The number of hydrogen-bond donors (Lipinski definition) is 1. The molecule has 0 aromatic carbocycles. The molecule has 19 heavy (non-hydrogen) atoms. The molecule has 0 saturated heterocycles. The van der Waals surface area contributed by atoms with Gasteiger partial charge in [0, 0.05) is 0 Å². The maximum Gasteiger partial charge on any atom is 0.0571 e. The molecule has 1 fully saturated rings. The Labute approximate surface area is 122 Å². The highest BCUT2D eigenvalue weighted by Crippen LogP contribution is 2.34. The summed E-state index contributed by atoms with van der Waals surface area (Å²) < 4.78 is 0. The van der Waals surface area contributed by atoms with Crippen molar-refractivity contribution in [2.24, 2.45) is 11.8 Å². The third kappa shape index (κ3) is 4.92. The minimum atomic E-state index is -0.0768. The number of rotatable bonds is 7. The first kappa shape index (κ1) is 15.1. The molecule has 1 atom stereocenters. The molecular weight excluding hydrogens is 252 g/mol. The van der Waals surface area contributed by atoms with E-state index in [0.717, 1.165) is 18.8 Å². The standard InChI is InChI=1S/C17H28OS/c1-2-3-4-14-5-8-16(9-6-14)17(18)10-7-15-11-12-19-13-15/h11-14,16-18H,2-10H2,1H3. The molecule has 0 amide bonds. The van der Waals surface area contributed by atoms with Crippen molar-refractivity contribution in [3.05, 3.63) is 22.4 Å². The Kier molecular flexibility index (Phi) is 6.39. The highest BCUT2D eigenvalue weighted by atomic mass is 32.1. The number of aryl methyl sites for hydroxylation is 1. The molecule has 1 heterocycles. The van der Waals surface area contributed by atoms with Crippen LogP contribution in [0.3, 0.4) is 0 Å². The number of hydrogen-bond acceptors (Lipinski definition) is 2. The maximum absolute atomic E-state index is 10.3. The van der Waals surface area contributed by atoms with E-state index >= 15 is 0 Å². The van der Waals surface area contributed by atoms with Gasteiger partial charge in [-0.1, -0.05) is 39.0 Å². The Morgan fingerprint density at radius 2 is 2.11 bits per heavy atom. The van der Waals surface area contributed by atoms with Crippen LogP contribution in [-0.4, -0.2) is 11.2 Å². The van der Waals surface area contributed by atoms with Gasteiger partial charge in [0.05, 0.1) is 6.10 Å². The monoisotopic (exact) mass is 280 g/mol. The molecule has 1 aliphatic carbocycles. The number of thiophene rings is 1. The van der Waals surface area contributed by atoms with Crippen LogP contribution in [0.15, 0.2) is 16.8 Å². The van der Waals surface area contributed by atoms with Crippen LogP contribution in [0.1, 0.15) is 63.9 Å². The van der Waals surface area contributed by atoms with Crippen LogP contribution < -0.4 is 0 Å². The zero-order valence-electron chi connectivity index (χ0n) is 12.2. The largest absolute Gasteiger partial charge is 0.393 e.